The van der Waals surface area contributed by atoms with Crippen LogP contribution in [-0.4, -0.2) is 17.0 Å². The minimum atomic E-state index is -1.16. The average Bonchev–Trinajstić information content (AvgIpc) is 2.46. The van der Waals surface area contributed by atoms with Crippen LogP contribution in [0.1, 0.15) is 6.42 Å². The maximum Gasteiger partial charge on any atom is 0.312 e. The van der Waals surface area contributed by atoms with E-state index in [0.717, 1.165) is 0 Å². The number of nitrogens with one attached hydrogen (secondary N) is 1. The maximum absolute atomic E-state index is 12.0. The van der Waals surface area contributed by atoms with Gasteiger partial charge in [-0.3, -0.25) is 15.0 Å². The van der Waals surface area contributed by atoms with E-state index in [-0.39, 0.29) is 0 Å². The summed E-state index contributed by atoms with van der Waals surface area (Å²) in [6, 6.07) is 18.0. The molecule has 0 unspecified atom stereocenters. The second kappa shape index (κ2) is 6.38. The Balaban J connectivity index is 2.25. The summed E-state index contributed by atoms with van der Waals surface area (Å²) in [5.41, 5.74) is 4.21. The van der Waals surface area contributed by atoms with Crippen molar-refractivity contribution in [1.29, 1.82) is 0 Å². The van der Waals surface area contributed by atoms with Crippen LogP contribution in [0.15, 0.2) is 60.7 Å². The summed E-state index contributed by atoms with van der Waals surface area (Å²) in [5.74, 6) is -1.70. The van der Waals surface area contributed by atoms with Crippen LogP contribution >= 0.6 is 0 Å². The average molecular weight is 270 g/mol. The number of anilines is 2. The van der Waals surface area contributed by atoms with Crippen molar-refractivity contribution in [2.45, 2.75) is 6.42 Å². The normalized spacial score (nSPS) is 9.80. The fraction of sp³-hybridized carbons (Fsp3) is 0.0667. The Morgan fingerprint density at radius 2 is 1.50 bits per heavy atom. The van der Waals surface area contributed by atoms with Crippen molar-refractivity contribution in [3.63, 3.8) is 0 Å². The van der Waals surface area contributed by atoms with Crippen LogP contribution in [-0.2, 0) is 9.59 Å². The lowest BCUT2D eigenvalue weighted by atomic mass is 10.3. The van der Waals surface area contributed by atoms with E-state index in [1.165, 1.54) is 5.01 Å². The topological polar surface area (TPSA) is 69.6 Å². The van der Waals surface area contributed by atoms with Gasteiger partial charge in [-0.1, -0.05) is 36.4 Å². The van der Waals surface area contributed by atoms with Gasteiger partial charge in [0.2, 0.25) is 0 Å². The van der Waals surface area contributed by atoms with Gasteiger partial charge in [0.15, 0.2) is 0 Å². The molecule has 5 heteroatoms. The SMILES string of the molecule is O=C(O)CC(=O)N(Nc1ccccc1)c1ccccc1. The summed E-state index contributed by atoms with van der Waals surface area (Å²) in [4.78, 5) is 22.8. The lowest BCUT2D eigenvalue weighted by molar-refractivity contribution is -0.140. The Labute approximate surface area is 116 Å². The van der Waals surface area contributed by atoms with Crippen LogP contribution < -0.4 is 10.4 Å². The molecule has 1 amide bonds. The highest BCUT2D eigenvalue weighted by Crippen LogP contribution is 2.17. The third-order valence-corrected chi connectivity index (χ3v) is 2.58. The van der Waals surface area contributed by atoms with Crippen molar-refractivity contribution in [2.24, 2.45) is 0 Å². The summed E-state index contributed by atoms with van der Waals surface area (Å²) >= 11 is 0. The van der Waals surface area contributed by atoms with Gasteiger partial charge in [-0.2, -0.15) is 0 Å². The van der Waals surface area contributed by atoms with Gasteiger partial charge in [0, 0.05) is 0 Å². The monoisotopic (exact) mass is 270 g/mol. The van der Waals surface area contributed by atoms with Crippen molar-refractivity contribution in [1.82, 2.24) is 0 Å². The molecule has 0 radical (unpaired) electrons. The zero-order valence-electron chi connectivity index (χ0n) is 10.7. The molecule has 20 heavy (non-hydrogen) atoms. The molecule has 0 aromatic heterocycles. The lowest BCUT2D eigenvalue weighted by Gasteiger charge is -2.24. The summed E-state index contributed by atoms with van der Waals surface area (Å²) < 4.78 is 0. The molecule has 0 atom stereocenters. The Hall–Kier alpha value is -2.82. The Morgan fingerprint density at radius 3 is 2.05 bits per heavy atom. The number of carbonyl (C=O) groups is 2. The van der Waals surface area contributed by atoms with E-state index >= 15 is 0 Å². The predicted octanol–water partition coefficient (Wildman–Crippen LogP) is 2.52. The van der Waals surface area contributed by atoms with Gasteiger partial charge in [0.25, 0.3) is 5.91 Å². The molecule has 0 saturated heterocycles. The molecule has 0 aliphatic heterocycles. The summed E-state index contributed by atoms with van der Waals surface area (Å²) in [6.45, 7) is 0. The second-order valence-electron chi connectivity index (χ2n) is 4.11. The van der Waals surface area contributed by atoms with E-state index in [0.29, 0.717) is 11.4 Å². The van der Waals surface area contributed by atoms with Gasteiger partial charge in [0.05, 0.1) is 11.4 Å². The quantitative estimate of drug-likeness (QED) is 0.647. The molecule has 102 valence electrons. The van der Waals surface area contributed by atoms with Crippen LogP contribution in [0.2, 0.25) is 0 Å². The number of para-hydroxylation sites is 2. The highest BCUT2D eigenvalue weighted by atomic mass is 16.4. The predicted molar refractivity (Wildman–Crippen MR) is 76.2 cm³/mol. The van der Waals surface area contributed by atoms with E-state index in [1.807, 2.05) is 24.3 Å². The van der Waals surface area contributed by atoms with E-state index in [4.69, 9.17) is 5.11 Å². The highest BCUT2D eigenvalue weighted by Gasteiger charge is 2.18. The number of carboxylic acid groups (broad SMARTS) is 1. The van der Waals surface area contributed by atoms with Gasteiger partial charge in [-0.25, -0.2) is 5.01 Å². The smallest absolute Gasteiger partial charge is 0.312 e. The zero-order valence-corrected chi connectivity index (χ0v) is 10.7. The van der Waals surface area contributed by atoms with Gasteiger partial charge >= 0.3 is 5.97 Å². The van der Waals surface area contributed by atoms with Crippen molar-refractivity contribution >= 4 is 23.3 Å². The molecule has 0 heterocycles. The van der Waals surface area contributed by atoms with Gasteiger partial charge in [-0.05, 0) is 24.3 Å². The van der Waals surface area contributed by atoms with Crippen LogP contribution in [0, 0.1) is 0 Å². The third kappa shape index (κ3) is 3.58. The van der Waals surface area contributed by atoms with E-state index in [9.17, 15) is 9.59 Å². The molecular weight excluding hydrogens is 256 g/mol. The molecule has 2 rings (SSSR count). The van der Waals surface area contributed by atoms with Gasteiger partial charge in [0.1, 0.15) is 6.42 Å². The number of benzene rings is 2. The maximum atomic E-state index is 12.0. The standard InChI is InChI=1S/C15H14N2O3/c18-14(11-15(19)20)17(13-9-5-2-6-10-13)16-12-7-3-1-4-8-12/h1-10,16H,11H2,(H,19,20). The summed E-state index contributed by atoms with van der Waals surface area (Å²) in [5, 5.41) is 10.0. The molecule has 2 aromatic carbocycles. The van der Waals surface area contributed by atoms with E-state index in [2.05, 4.69) is 5.43 Å². The lowest BCUT2D eigenvalue weighted by Crippen LogP contribution is -2.37. The molecule has 0 bridgehead atoms. The molecule has 0 aliphatic carbocycles. The minimum Gasteiger partial charge on any atom is -0.481 e. The minimum absolute atomic E-state index is 0.535. The molecule has 5 nitrogen and oxygen atoms in total. The van der Waals surface area contributed by atoms with Crippen LogP contribution in [0.5, 0.6) is 0 Å². The molecule has 2 N–H and O–H groups in total. The number of hydrogen-bond donors (Lipinski definition) is 2. The van der Waals surface area contributed by atoms with Crippen LogP contribution in [0.4, 0.5) is 11.4 Å². The number of hydrogen-bond acceptors (Lipinski definition) is 3. The highest BCUT2D eigenvalue weighted by molar-refractivity contribution is 6.04. The summed E-state index contributed by atoms with van der Waals surface area (Å²) in [6.07, 6.45) is -0.575. The number of amides is 1. The van der Waals surface area contributed by atoms with Crippen LogP contribution in [0.3, 0.4) is 0 Å². The fourth-order valence-electron chi connectivity index (χ4n) is 1.70. The third-order valence-electron chi connectivity index (χ3n) is 2.58. The van der Waals surface area contributed by atoms with E-state index in [1.54, 1.807) is 36.4 Å². The number of aliphatic carboxylic acids is 1. The van der Waals surface area contributed by atoms with Crippen LogP contribution in [0.25, 0.3) is 0 Å². The number of rotatable bonds is 5. The van der Waals surface area contributed by atoms with E-state index < -0.39 is 18.3 Å². The largest absolute Gasteiger partial charge is 0.481 e. The zero-order chi connectivity index (χ0) is 14.4. The van der Waals surface area contributed by atoms with Crippen molar-refractivity contribution in [3.8, 4) is 0 Å². The number of carbonyl (C=O) groups excluding carboxylic acids is 1. The van der Waals surface area contributed by atoms with Crippen molar-refractivity contribution in [2.75, 3.05) is 10.4 Å². The molecule has 0 saturated carbocycles. The Bertz CT molecular complexity index is 585. The number of carboxylic acids is 1. The molecular formula is C15H14N2O3. The fourth-order valence-corrected chi connectivity index (χ4v) is 1.70. The number of nitrogens with zero attached hydrogens (tertiary/aromatic N) is 1. The number of hydrazine groups is 1. The second-order valence-corrected chi connectivity index (χ2v) is 4.11. The molecule has 0 spiro atoms. The first-order chi connectivity index (χ1) is 9.66. The van der Waals surface area contributed by atoms with Crippen molar-refractivity contribution < 1.29 is 14.7 Å². The molecule has 0 aliphatic rings. The molecule has 2 aromatic rings. The van der Waals surface area contributed by atoms with Gasteiger partial charge in [-0.15, -0.1) is 0 Å². The molecule has 0 fully saturated rings. The Kier molecular flexibility index (Phi) is 4.34. The van der Waals surface area contributed by atoms with Gasteiger partial charge < -0.3 is 5.11 Å². The van der Waals surface area contributed by atoms with Crippen molar-refractivity contribution in [3.05, 3.63) is 60.7 Å². The first-order valence-corrected chi connectivity index (χ1v) is 6.08. The first kappa shape index (κ1) is 13.6. The Morgan fingerprint density at radius 1 is 0.950 bits per heavy atom. The summed E-state index contributed by atoms with van der Waals surface area (Å²) in [7, 11) is 0. The first-order valence-electron chi connectivity index (χ1n) is 6.08.